The number of benzene rings is 6. The van der Waals surface area contributed by atoms with E-state index in [4.69, 9.17) is 9.47 Å². The first-order valence-corrected chi connectivity index (χ1v) is 16.9. The van der Waals surface area contributed by atoms with E-state index in [1.165, 1.54) is 48.5 Å². The quantitative estimate of drug-likeness (QED) is 0.0549. The minimum absolute atomic E-state index is 0.342. The van der Waals surface area contributed by atoms with Gasteiger partial charge in [-0.3, -0.25) is 0 Å². The van der Waals surface area contributed by atoms with E-state index in [1.807, 2.05) is 24.3 Å². The summed E-state index contributed by atoms with van der Waals surface area (Å²) < 4.78 is 151. The lowest BCUT2D eigenvalue weighted by molar-refractivity contribution is 0.0710. The summed E-state index contributed by atoms with van der Waals surface area (Å²) in [6.45, 7) is 0. The maximum Gasteiger partial charge on any atom is 0.349 e. The molecule has 0 aromatic heterocycles. The van der Waals surface area contributed by atoms with Crippen molar-refractivity contribution in [3.8, 4) is 22.6 Å². The van der Waals surface area contributed by atoms with Gasteiger partial charge in [0.1, 0.15) is 22.6 Å². The van der Waals surface area contributed by atoms with Gasteiger partial charge in [-0.15, -0.1) is 0 Å². The maximum atomic E-state index is 14.3. The number of rotatable bonds is 6. The molecule has 0 bridgehead atoms. The Balaban J connectivity index is 1.32. The molecule has 0 heterocycles. The van der Waals surface area contributed by atoms with Gasteiger partial charge in [0.2, 0.25) is 11.6 Å². The molecule has 0 aliphatic heterocycles. The summed E-state index contributed by atoms with van der Waals surface area (Å²) in [5, 5.41) is 0. The first kappa shape index (κ1) is 37.8. The van der Waals surface area contributed by atoms with Gasteiger partial charge in [0.05, 0.1) is 5.41 Å². The van der Waals surface area contributed by atoms with Crippen LogP contribution in [0.5, 0.6) is 11.5 Å². The molecule has 1 aliphatic carbocycles. The van der Waals surface area contributed by atoms with Crippen LogP contribution in [0.4, 0.5) is 43.9 Å². The number of esters is 2. The minimum Gasteiger partial charge on any atom is -0.423 e. The number of hydrogen-bond acceptors (Lipinski definition) is 4. The molecule has 0 spiro atoms. The zero-order chi connectivity index (χ0) is 39.7. The molecule has 16 heteroatoms. The smallest absolute Gasteiger partial charge is 0.349 e. The van der Waals surface area contributed by atoms with Crippen LogP contribution in [0, 0.1) is 58.2 Å². The van der Waals surface area contributed by atoms with Gasteiger partial charge in [0.15, 0.2) is 46.5 Å². The molecular weight excluding hydrogens is 882 g/mol. The molecule has 278 valence electrons. The standard InChI is InChI=1S/C39H14Br2F10O4/c40-17-5-11-21-22-12-6-18(41)14-24(22)39(23(21)13-17,15-1-7-19(8-2-15)54-37(52)25-27(42)31(46)35(50)32(47)28(25)43)16-3-9-20(10-4-16)55-38(53)26-29(44)33(48)36(51)34(49)30(26)45/h1-14H. The second-order valence-electron chi connectivity index (χ2n) is 11.8. The van der Waals surface area contributed by atoms with Crippen LogP contribution in [0.3, 0.4) is 0 Å². The Bertz CT molecular complexity index is 2380. The van der Waals surface area contributed by atoms with Crippen LogP contribution in [-0.2, 0) is 5.41 Å². The van der Waals surface area contributed by atoms with Crippen molar-refractivity contribution in [1.29, 1.82) is 0 Å². The van der Waals surface area contributed by atoms with E-state index < -0.39 is 86.7 Å². The lowest BCUT2D eigenvalue weighted by atomic mass is 9.67. The van der Waals surface area contributed by atoms with Crippen LogP contribution in [0.25, 0.3) is 11.1 Å². The molecule has 7 rings (SSSR count). The van der Waals surface area contributed by atoms with Gasteiger partial charge in [0, 0.05) is 8.95 Å². The van der Waals surface area contributed by atoms with Crippen molar-refractivity contribution in [2.45, 2.75) is 5.41 Å². The lowest BCUT2D eigenvalue weighted by Gasteiger charge is -2.34. The third kappa shape index (κ3) is 5.98. The van der Waals surface area contributed by atoms with Gasteiger partial charge in [-0.05, 0) is 81.9 Å². The number of ether oxygens (including phenoxy) is 2. The summed E-state index contributed by atoms with van der Waals surface area (Å²) in [6.07, 6.45) is 0. The van der Waals surface area contributed by atoms with Crippen molar-refractivity contribution in [2.24, 2.45) is 0 Å². The first-order valence-electron chi connectivity index (χ1n) is 15.4. The number of halogens is 12. The van der Waals surface area contributed by atoms with E-state index in [0.717, 1.165) is 11.1 Å². The van der Waals surface area contributed by atoms with Crippen LogP contribution in [0.2, 0.25) is 0 Å². The zero-order valence-electron chi connectivity index (χ0n) is 26.8. The van der Waals surface area contributed by atoms with Crippen LogP contribution in [-0.4, -0.2) is 11.9 Å². The molecule has 0 saturated carbocycles. The molecule has 55 heavy (non-hydrogen) atoms. The van der Waals surface area contributed by atoms with Crippen molar-refractivity contribution in [3.63, 3.8) is 0 Å². The molecule has 0 atom stereocenters. The Kier molecular flexibility index (Phi) is 9.62. The molecule has 6 aromatic rings. The largest absolute Gasteiger partial charge is 0.423 e. The monoisotopic (exact) mass is 894 g/mol. The third-order valence-corrected chi connectivity index (χ3v) is 9.87. The average Bonchev–Trinajstić information content (AvgIpc) is 3.44. The summed E-state index contributed by atoms with van der Waals surface area (Å²) in [5.41, 5.74) is -1.08. The molecule has 6 aromatic carbocycles. The molecule has 0 amide bonds. The predicted molar refractivity (Wildman–Crippen MR) is 182 cm³/mol. The van der Waals surface area contributed by atoms with Gasteiger partial charge < -0.3 is 9.47 Å². The Labute approximate surface area is 319 Å². The predicted octanol–water partition coefficient (Wildman–Crippen LogP) is 11.4. The maximum absolute atomic E-state index is 14.3. The highest BCUT2D eigenvalue weighted by molar-refractivity contribution is 9.10. The lowest BCUT2D eigenvalue weighted by Crippen LogP contribution is -2.28. The number of carbonyl (C=O) groups is 2. The van der Waals surface area contributed by atoms with Crippen molar-refractivity contribution < 1.29 is 63.0 Å². The highest BCUT2D eigenvalue weighted by atomic mass is 79.9. The molecular formula is C39H14Br2F10O4. The van der Waals surface area contributed by atoms with Crippen LogP contribution in [0.1, 0.15) is 43.0 Å². The van der Waals surface area contributed by atoms with Crippen LogP contribution < -0.4 is 9.47 Å². The third-order valence-electron chi connectivity index (χ3n) is 8.89. The average molecular weight is 896 g/mol. The highest BCUT2D eigenvalue weighted by Crippen LogP contribution is 2.57. The molecule has 4 nitrogen and oxygen atoms in total. The van der Waals surface area contributed by atoms with Crippen molar-refractivity contribution in [3.05, 3.63) is 185 Å². The molecule has 0 saturated heterocycles. The number of carbonyl (C=O) groups excluding carboxylic acids is 2. The van der Waals surface area contributed by atoms with Crippen LogP contribution in [0.15, 0.2) is 93.9 Å². The van der Waals surface area contributed by atoms with Gasteiger partial charge >= 0.3 is 11.9 Å². The summed E-state index contributed by atoms with van der Waals surface area (Å²) in [4.78, 5) is 25.4. The topological polar surface area (TPSA) is 52.6 Å². The van der Waals surface area contributed by atoms with E-state index in [1.54, 1.807) is 12.1 Å². The summed E-state index contributed by atoms with van der Waals surface area (Å²) in [6, 6.07) is 21.7. The first-order chi connectivity index (χ1) is 26.1. The van der Waals surface area contributed by atoms with Crippen molar-refractivity contribution >= 4 is 43.8 Å². The van der Waals surface area contributed by atoms with Crippen molar-refractivity contribution in [1.82, 2.24) is 0 Å². The van der Waals surface area contributed by atoms with Gasteiger partial charge in [0.25, 0.3) is 0 Å². The minimum atomic E-state index is -2.45. The number of hydrogen-bond donors (Lipinski definition) is 0. The number of fused-ring (bicyclic) bond motifs is 3. The molecule has 0 fully saturated rings. The second kappa shape index (κ2) is 14.0. The summed E-state index contributed by atoms with van der Waals surface area (Å²) in [5.74, 6) is -28.2. The van der Waals surface area contributed by atoms with E-state index in [2.05, 4.69) is 31.9 Å². The zero-order valence-corrected chi connectivity index (χ0v) is 29.9. The Morgan fingerprint density at radius 2 is 0.709 bits per heavy atom. The summed E-state index contributed by atoms with van der Waals surface area (Å²) in [7, 11) is 0. The Morgan fingerprint density at radius 1 is 0.418 bits per heavy atom. The molecule has 0 N–H and O–H groups in total. The van der Waals surface area contributed by atoms with E-state index >= 15 is 0 Å². The van der Waals surface area contributed by atoms with Crippen molar-refractivity contribution in [2.75, 3.05) is 0 Å². The Hall–Kier alpha value is -5.48. The fourth-order valence-electron chi connectivity index (χ4n) is 6.49. The highest BCUT2D eigenvalue weighted by Gasteiger charge is 2.46. The van der Waals surface area contributed by atoms with E-state index in [-0.39, 0.29) is 11.5 Å². The molecule has 1 aliphatic rings. The summed E-state index contributed by atoms with van der Waals surface area (Å²) >= 11 is 6.99. The van der Waals surface area contributed by atoms with E-state index in [0.29, 0.717) is 31.2 Å². The van der Waals surface area contributed by atoms with Gasteiger partial charge in [-0.2, -0.15) is 0 Å². The van der Waals surface area contributed by atoms with Gasteiger partial charge in [-0.1, -0.05) is 68.3 Å². The Morgan fingerprint density at radius 3 is 1.02 bits per heavy atom. The normalized spacial score (nSPS) is 12.7. The second-order valence-corrected chi connectivity index (χ2v) is 13.7. The fourth-order valence-corrected chi connectivity index (χ4v) is 7.21. The molecule has 0 radical (unpaired) electrons. The van der Waals surface area contributed by atoms with Gasteiger partial charge in [-0.25, -0.2) is 53.5 Å². The molecule has 0 unspecified atom stereocenters. The fraction of sp³-hybridized carbons (Fsp3) is 0.0256. The van der Waals surface area contributed by atoms with E-state index in [9.17, 15) is 53.5 Å². The SMILES string of the molecule is O=C(Oc1ccc(C2(c3ccc(OC(=O)c4c(F)c(F)c(F)c(F)c4F)cc3)c3cc(Br)ccc3-c3ccc(Br)cc32)cc1)c1c(F)c(F)c(F)c(F)c1F. The van der Waals surface area contributed by atoms with Crippen LogP contribution >= 0.6 is 31.9 Å².